The third-order valence-corrected chi connectivity index (χ3v) is 3.64. The first-order chi connectivity index (χ1) is 9.74. The predicted molar refractivity (Wildman–Crippen MR) is 74.6 cm³/mol. The van der Waals surface area contributed by atoms with E-state index in [0.717, 1.165) is 30.8 Å². The van der Waals surface area contributed by atoms with E-state index in [1.54, 1.807) is 31.4 Å². The van der Waals surface area contributed by atoms with Gasteiger partial charge in [0.2, 0.25) is 0 Å². The lowest BCUT2D eigenvalue weighted by Gasteiger charge is -2.12. The highest BCUT2D eigenvalue weighted by atomic mass is 16.5. The van der Waals surface area contributed by atoms with Crippen LogP contribution >= 0.6 is 0 Å². The number of carbonyl (C=O) groups is 1. The number of methoxy groups -OCH3 is 1. The molecule has 2 unspecified atom stereocenters. The van der Waals surface area contributed by atoms with E-state index >= 15 is 0 Å². The van der Waals surface area contributed by atoms with Gasteiger partial charge in [-0.25, -0.2) is 0 Å². The normalized spacial score (nSPS) is 19.3. The van der Waals surface area contributed by atoms with Gasteiger partial charge in [0.1, 0.15) is 11.7 Å². The average Bonchev–Trinajstić information content (AvgIpc) is 3.00. The Morgan fingerprint density at radius 1 is 1.50 bits per heavy atom. The van der Waals surface area contributed by atoms with Gasteiger partial charge in [0.25, 0.3) is 0 Å². The van der Waals surface area contributed by atoms with E-state index < -0.39 is 5.92 Å². The van der Waals surface area contributed by atoms with Crippen molar-refractivity contribution >= 4 is 5.78 Å². The fourth-order valence-corrected chi connectivity index (χ4v) is 2.45. The van der Waals surface area contributed by atoms with Gasteiger partial charge in [-0.1, -0.05) is 12.1 Å². The van der Waals surface area contributed by atoms with E-state index in [4.69, 9.17) is 9.47 Å². The topological polar surface area (TPSA) is 59.3 Å². The first kappa shape index (κ1) is 14.5. The number of rotatable bonds is 6. The minimum atomic E-state index is -0.692. The highest BCUT2D eigenvalue weighted by Gasteiger charge is 2.23. The molecule has 1 aliphatic rings. The summed E-state index contributed by atoms with van der Waals surface area (Å²) in [7, 11) is 1.59. The van der Waals surface area contributed by atoms with Crippen LogP contribution in [0.3, 0.4) is 0 Å². The summed E-state index contributed by atoms with van der Waals surface area (Å²) in [5, 5.41) is 9.24. The molecule has 106 valence electrons. The van der Waals surface area contributed by atoms with Crippen molar-refractivity contribution < 1.29 is 14.3 Å². The van der Waals surface area contributed by atoms with E-state index in [-0.39, 0.29) is 11.9 Å². The Morgan fingerprint density at radius 3 is 2.80 bits per heavy atom. The maximum absolute atomic E-state index is 12.2. The van der Waals surface area contributed by atoms with Crippen LogP contribution in [0.1, 0.15) is 37.2 Å². The molecule has 2 atom stereocenters. The number of ketones is 1. The smallest absolute Gasteiger partial charge is 0.154 e. The van der Waals surface area contributed by atoms with Gasteiger partial charge in [0, 0.05) is 13.0 Å². The summed E-state index contributed by atoms with van der Waals surface area (Å²) >= 11 is 0. The van der Waals surface area contributed by atoms with Gasteiger partial charge < -0.3 is 9.47 Å². The molecular formula is C16H19NO3. The SMILES string of the molecule is COc1ccc(C(C#N)C(=O)CCC2CCCO2)cc1. The number of benzene rings is 1. The second-order valence-electron chi connectivity index (χ2n) is 4.98. The molecule has 0 radical (unpaired) electrons. The second kappa shape index (κ2) is 7.06. The predicted octanol–water partition coefficient (Wildman–Crippen LogP) is 2.83. The van der Waals surface area contributed by atoms with Gasteiger partial charge in [-0.3, -0.25) is 4.79 Å². The minimum absolute atomic E-state index is 0.0341. The van der Waals surface area contributed by atoms with Gasteiger partial charge in [0.15, 0.2) is 5.78 Å². The van der Waals surface area contributed by atoms with Gasteiger partial charge >= 0.3 is 0 Å². The largest absolute Gasteiger partial charge is 0.497 e. The summed E-state index contributed by atoms with van der Waals surface area (Å²) in [6.45, 7) is 0.791. The Morgan fingerprint density at radius 2 is 2.25 bits per heavy atom. The number of hydrogen-bond donors (Lipinski definition) is 0. The maximum atomic E-state index is 12.2. The van der Waals surface area contributed by atoms with Crippen LogP contribution in [0.5, 0.6) is 5.75 Å². The summed E-state index contributed by atoms with van der Waals surface area (Å²) in [6.07, 6.45) is 3.39. The molecule has 2 rings (SSSR count). The zero-order valence-electron chi connectivity index (χ0n) is 11.7. The number of carbonyl (C=O) groups excluding carboxylic acids is 1. The number of Topliss-reactive ketones (excluding diaryl/α,β-unsaturated/α-hetero) is 1. The zero-order valence-corrected chi connectivity index (χ0v) is 11.7. The van der Waals surface area contributed by atoms with Crippen molar-refractivity contribution in [3.63, 3.8) is 0 Å². The summed E-state index contributed by atoms with van der Waals surface area (Å²) in [6, 6.07) is 9.19. The molecule has 1 heterocycles. The molecule has 1 fully saturated rings. The summed E-state index contributed by atoms with van der Waals surface area (Å²) in [5.41, 5.74) is 0.727. The minimum Gasteiger partial charge on any atom is -0.497 e. The van der Waals surface area contributed by atoms with Crippen LogP contribution in [-0.4, -0.2) is 25.6 Å². The Bertz CT molecular complexity index is 483. The molecule has 1 aromatic carbocycles. The quantitative estimate of drug-likeness (QED) is 0.799. The van der Waals surface area contributed by atoms with Crippen molar-refractivity contribution in [3.05, 3.63) is 29.8 Å². The molecule has 0 aliphatic carbocycles. The van der Waals surface area contributed by atoms with Crippen molar-refractivity contribution in [3.8, 4) is 11.8 Å². The molecule has 0 saturated carbocycles. The molecule has 0 spiro atoms. The van der Waals surface area contributed by atoms with Gasteiger partial charge in [-0.2, -0.15) is 5.26 Å². The van der Waals surface area contributed by atoms with Crippen molar-refractivity contribution in [1.82, 2.24) is 0 Å². The maximum Gasteiger partial charge on any atom is 0.154 e. The lowest BCUT2D eigenvalue weighted by atomic mass is 9.92. The van der Waals surface area contributed by atoms with E-state index in [9.17, 15) is 10.1 Å². The molecule has 4 heteroatoms. The van der Waals surface area contributed by atoms with Crippen LogP contribution in [0.2, 0.25) is 0 Å². The Balaban J connectivity index is 1.95. The van der Waals surface area contributed by atoms with Gasteiger partial charge in [-0.05, 0) is 37.0 Å². The molecule has 0 N–H and O–H groups in total. The van der Waals surface area contributed by atoms with Crippen molar-refractivity contribution in [2.75, 3.05) is 13.7 Å². The van der Waals surface area contributed by atoms with E-state index in [2.05, 4.69) is 6.07 Å². The molecular weight excluding hydrogens is 254 g/mol. The molecule has 0 bridgehead atoms. The van der Waals surface area contributed by atoms with Gasteiger partial charge in [0.05, 0.1) is 19.3 Å². The van der Waals surface area contributed by atoms with Crippen molar-refractivity contribution in [2.24, 2.45) is 0 Å². The fraction of sp³-hybridized carbons (Fsp3) is 0.500. The van der Waals surface area contributed by atoms with Crippen LogP contribution in [0.4, 0.5) is 0 Å². The van der Waals surface area contributed by atoms with E-state index in [0.29, 0.717) is 12.8 Å². The molecule has 1 aromatic rings. The van der Waals surface area contributed by atoms with Crippen LogP contribution in [0.25, 0.3) is 0 Å². The first-order valence-corrected chi connectivity index (χ1v) is 6.92. The number of hydrogen-bond acceptors (Lipinski definition) is 4. The third-order valence-electron chi connectivity index (χ3n) is 3.64. The molecule has 0 amide bonds. The van der Waals surface area contributed by atoms with Crippen LogP contribution < -0.4 is 4.74 Å². The molecule has 0 aromatic heterocycles. The fourth-order valence-electron chi connectivity index (χ4n) is 2.45. The first-order valence-electron chi connectivity index (χ1n) is 6.92. The van der Waals surface area contributed by atoms with E-state index in [1.165, 1.54) is 0 Å². The highest BCUT2D eigenvalue weighted by Crippen LogP contribution is 2.23. The van der Waals surface area contributed by atoms with Gasteiger partial charge in [-0.15, -0.1) is 0 Å². The molecule has 1 saturated heterocycles. The number of nitriles is 1. The van der Waals surface area contributed by atoms with Crippen molar-refractivity contribution in [2.45, 2.75) is 37.7 Å². The summed E-state index contributed by atoms with van der Waals surface area (Å²) in [5.74, 6) is -0.00674. The highest BCUT2D eigenvalue weighted by molar-refractivity contribution is 5.88. The molecule has 4 nitrogen and oxygen atoms in total. The summed E-state index contributed by atoms with van der Waals surface area (Å²) in [4.78, 5) is 12.2. The Labute approximate surface area is 119 Å². The number of nitrogens with zero attached hydrogens (tertiary/aromatic N) is 1. The lowest BCUT2D eigenvalue weighted by molar-refractivity contribution is -0.120. The third kappa shape index (κ3) is 3.58. The Hall–Kier alpha value is -1.86. The monoisotopic (exact) mass is 273 g/mol. The molecule has 1 aliphatic heterocycles. The lowest BCUT2D eigenvalue weighted by Crippen LogP contribution is -2.14. The van der Waals surface area contributed by atoms with E-state index in [1.807, 2.05) is 0 Å². The van der Waals surface area contributed by atoms with Crippen LogP contribution in [0.15, 0.2) is 24.3 Å². The molecule has 20 heavy (non-hydrogen) atoms. The standard InChI is InChI=1S/C16H19NO3/c1-19-13-6-4-12(5-7-13)15(11-17)16(18)9-8-14-3-2-10-20-14/h4-7,14-15H,2-3,8-10H2,1H3. The number of ether oxygens (including phenoxy) is 2. The second-order valence-corrected chi connectivity index (χ2v) is 4.98. The Kier molecular flexibility index (Phi) is 5.14. The van der Waals surface area contributed by atoms with Crippen LogP contribution in [0, 0.1) is 11.3 Å². The zero-order chi connectivity index (χ0) is 14.4. The van der Waals surface area contributed by atoms with Crippen molar-refractivity contribution in [1.29, 1.82) is 5.26 Å². The summed E-state index contributed by atoms with van der Waals surface area (Å²) < 4.78 is 10.6. The van der Waals surface area contributed by atoms with Crippen LogP contribution in [-0.2, 0) is 9.53 Å². The average molecular weight is 273 g/mol.